The van der Waals surface area contributed by atoms with E-state index < -0.39 is 15.8 Å². The maximum absolute atomic E-state index is 12.6. The van der Waals surface area contributed by atoms with Crippen molar-refractivity contribution >= 4 is 26.8 Å². The van der Waals surface area contributed by atoms with Gasteiger partial charge in [-0.15, -0.1) is 0 Å². The van der Waals surface area contributed by atoms with Gasteiger partial charge in [0.15, 0.2) is 5.58 Å². The van der Waals surface area contributed by atoms with Crippen molar-refractivity contribution in [3.05, 3.63) is 52.5 Å². The number of oxazole rings is 1. The second-order valence-electron chi connectivity index (χ2n) is 8.47. The summed E-state index contributed by atoms with van der Waals surface area (Å²) in [6, 6.07) is 10.8. The standard InChI is InChI=1S/C23H28N4O5S/c28-23-25-19-4-3-5-20(22(19)32-23)27-13-11-26(12-14-27)10-2-1-9-24-33(29,30)18-6-7-21-17(16-18)8-15-31-21/h3-7,16,24H,1-2,8-15H2,(H,25,28). The van der Waals surface area contributed by atoms with Crippen molar-refractivity contribution in [3.8, 4) is 5.75 Å². The molecule has 5 rings (SSSR count). The van der Waals surface area contributed by atoms with E-state index in [0.717, 1.165) is 74.5 Å². The molecule has 1 saturated heterocycles. The second kappa shape index (κ2) is 9.20. The molecule has 0 spiro atoms. The van der Waals surface area contributed by atoms with E-state index in [1.54, 1.807) is 18.2 Å². The van der Waals surface area contributed by atoms with Crippen LogP contribution < -0.4 is 20.1 Å². The lowest BCUT2D eigenvalue weighted by Gasteiger charge is -2.36. The van der Waals surface area contributed by atoms with Gasteiger partial charge in [-0.05, 0) is 55.3 Å². The van der Waals surface area contributed by atoms with Gasteiger partial charge in [-0.1, -0.05) is 6.07 Å². The first-order valence-electron chi connectivity index (χ1n) is 11.3. The third kappa shape index (κ3) is 4.78. The molecule has 9 nitrogen and oxygen atoms in total. The van der Waals surface area contributed by atoms with Gasteiger partial charge in [0.25, 0.3) is 0 Å². The number of H-pyrrole nitrogens is 1. The fourth-order valence-electron chi connectivity index (χ4n) is 4.50. The predicted octanol–water partition coefficient (Wildman–Crippen LogP) is 1.94. The molecular weight excluding hydrogens is 444 g/mol. The molecule has 10 heteroatoms. The van der Waals surface area contributed by atoms with Gasteiger partial charge in [-0.2, -0.15) is 0 Å². The molecule has 1 aromatic heterocycles. The Labute approximate surface area is 192 Å². The molecule has 0 aliphatic carbocycles. The number of hydrogen-bond acceptors (Lipinski definition) is 7. The summed E-state index contributed by atoms with van der Waals surface area (Å²) in [5.74, 6) is 0.347. The number of piperazine rings is 1. The Kier molecular flexibility index (Phi) is 6.13. The van der Waals surface area contributed by atoms with Crippen LogP contribution in [0.25, 0.3) is 11.1 Å². The molecule has 0 bridgehead atoms. The molecule has 2 aliphatic heterocycles. The number of sulfonamides is 1. The van der Waals surface area contributed by atoms with Gasteiger partial charge in [0.1, 0.15) is 5.75 Å². The van der Waals surface area contributed by atoms with Crippen LogP contribution in [-0.2, 0) is 16.4 Å². The maximum atomic E-state index is 12.6. The smallest absolute Gasteiger partial charge is 0.417 e. The van der Waals surface area contributed by atoms with Crippen molar-refractivity contribution in [2.75, 3.05) is 50.8 Å². The van der Waals surface area contributed by atoms with Crippen molar-refractivity contribution < 1.29 is 17.6 Å². The molecule has 3 aromatic rings. The van der Waals surface area contributed by atoms with Crippen molar-refractivity contribution in [3.63, 3.8) is 0 Å². The van der Waals surface area contributed by atoms with E-state index in [0.29, 0.717) is 23.6 Å². The largest absolute Gasteiger partial charge is 0.493 e. The van der Waals surface area contributed by atoms with E-state index in [1.807, 2.05) is 18.2 Å². The molecular formula is C23H28N4O5S. The minimum Gasteiger partial charge on any atom is -0.493 e. The molecule has 0 saturated carbocycles. The number of aromatic amines is 1. The summed E-state index contributed by atoms with van der Waals surface area (Å²) in [6.45, 7) is 5.48. The Morgan fingerprint density at radius 1 is 1.06 bits per heavy atom. The Hall–Kier alpha value is -2.82. The van der Waals surface area contributed by atoms with Gasteiger partial charge >= 0.3 is 5.76 Å². The fourth-order valence-corrected chi connectivity index (χ4v) is 5.62. The molecule has 176 valence electrons. The van der Waals surface area contributed by atoms with Crippen LogP contribution in [0.5, 0.6) is 5.75 Å². The first kappa shape index (κ1) is 22.0. The topological polar surface area (TPSA) is 108 Å². The minimum absolute atomic E-state index is 0.302. The van der Waals surface area contributed by atoms with Crippen molar-refractivity contribution in [2.24, 2.45) is 0 Å². The van der Waals surface area contributed by atoms with E-state index in [2.05, 4.69) is 19.5 Å². The SMILES string of the molecule is O=c1[nH]c2cccc(N3CCN(CCCCNS(=O)(=O)c4ccc5c(c4)CCO5)CC3)c2o1. The van der Waals surface area contributed by atoms with E-state index >= 15 is 0 Å². The minimum atomic E-state index is -3.50. The lowest BCUT2D eigenvalue weighted by molar-refractivity contribution is 0.253. The molecule has 0 atom stereocenters. The molecule has 2 aliphatic rings. The van der Waals surface area contributed by atoms with Crippen LogP contribution in [0.3, 0.4) is 0 Å². The number of ether oxygens (including phenoxy) is 1. The number of anilines is 1. The summed E-state index contributed by atoms with van der Waals surface area (Å²) >= 11 is 0. The van der Waals surface area contributed by atoms with Crippen molar-refractivity contribution in [2.45, 2.75) is 24.2 Å². The zero-order chi connectivity index (χ0) is 22.8. The summed E-state index contributed by atoms with van der Waals surface area (Å²) in [4.78, 5) is 19.2. The van der Waals surface area contributed by atoms with Crippen LogP contribution in [0.2, 0.25) is 0 Å². The van der Waals surface area contributed by atoms with Crippen LogP contribution in [0.15, 0.2) is 50.5 Å². The average molecular weight is 473 g/mol. The molecule has 33 heavy (non-hydrogen) atoms. The summed E-state index contributed by atoms with van der Waals surface area (Å²) in [5.41, 5.74) is 3.22. The molecule has 1 fully saturated rings. The molecule has 0 radical (unpaired) electrons. The second-order valence-corrected chi connectivity index (χ2v) is 10.2. The number of para-hydroxylation sites is 1. The maximum Gasteiger partial charge on any atom is 0.417 e. The number of hydrogen-bond donors (Lipinski definition) is 2. The highest BCUT2D eigenvalue weighted by molar-refractivity contribution is 7.89. The predicted molar refractivity (Wildman–Crippen MR) is 126 cm³/mol. The van der Waals surface area contributed by atoms with Gasteiger partial charge < -0.3 is 14.1 Å². The lowest BCUT2D eigenvalue weighted by atomic mass is 10.2. The number of unbranched alkanes of at least 4 members (excludes halogenated alkanes) is 1. The third-order valence-electron chi connectivity index (χ3n) is 6.30. The zero-order valence-corrected chi connectivity index (χ0v) is 19.2. The first-order chi connectivity index (χ1) is 16.0. The van der Waals surface area contributed by atoms with Crippen LogP contribution in [0.4, 0.5) is 5.69 Å². The van der Waals surface area contributed by atoms with Crippen molar-refractivity contribution in [1.29, 1.82) is 0 Å². The summed E-state index contributed by atoms with van der Waals surface area (Å²) < 4.78 is 38.6. The summed E-state index contributed by atoms with van der Waals surface area (Å²) in [6.07, 6.45) is 2.45. The van der Waals surface area contributed by atoms with Crippen molar-refractivity contribution in [1.82, 2.24) is 14.6 Å². The number of nitrogens with one attached hydrogen (secondary N) is 2. The van der Waals surface area contributed by atoms with Crippen LogP contribution >= 0.6 is 0 Å². The highest BCUT2D eigenvalue weighted by atomic mass is 32.2. The Bertz CT molecular complexity index is 1290. The molecule has 2 N–H and O–H groups in total. The monoisotopic (exact) mass is 472 g/mol. The van der Waals surface area contributed by atoms with Gasteiger partial charge in [0.2, 0.25) is 10.0 Å². The highest BCUT2D eigenvalue weighted by Gasteiger charge is 2.21. The Balaban J connectivity index is 1.06. The molecule has 2 aromatic carbocycles. The van der Waals surface area contributed by atoms with Gasteiger partial charge in [-0.25, -0.2) is 17.9 Å². The number of rotatable bonds is 8. The van der Waals surface area contributed by atoms with Crippen LogP contribution in [-0.4, -0.2) is 64.2 Å². The zero-order valence-electron chi connectivity index (χ0n) is 18.4. The van der Waals surface area contributed by atoms with Crippen LogP contribution in [0.1, 0.15) is 18.4 Å². The fraction of sp³-hybridized carbons (Fsp3) is 0.435. The van der Waals surface area contributed by atoms with Crippen LogP contribution in [0, 0.1) is 0 Å². The number of benzene rings is 2. The molecule has 0 unspecified atom stereocenters. The average Bonchev–Trinajstić information content (AvgIpc) is 3.44. The normalized spacial score (nSPS) is 16.8. The van der Waals surface area contributed by atoms with E-state index in [-0.39, 0.29) is 0 Å². The Morgan fingerprint density at radius 3 is 2.76 bits per heavy atom. The lowest BCUT2D eigenvalue weighted by Crippen LogP contribution is -2.46. The molecule has 3 heterocycles. The van der Waals surface area contributed by atoms with Gasteiger partial charge in [0.05, 0.1) is 22.7 Å². The van der Waals surface area contributed by atoms with E-state index in [1.165, 1.54) is 0 Å². The number of fused-ring (bicyclic) bond motifs is 2. The summed E-state index contributed by atoms with van der Waals surface area (Å²) in [7, 11) is -3.50. The van der Waals surface area contributed by atoms with E-state index in [4.69, 9.17) is 9.15 Å². The quantitative estimate of drug-likeness (QED) is 0.483. The Morgan fingerprint density at radius 2 is 1.91 bits per heavy atom. The first-order valence-corrected chi connectivity index (χ1v) is 12.8. The number of aromatic nitrogens is 1. The molecule has 0 amide bonds. The third-order valence-corrected chi connectivity index (χ3v) is 7.76. The van der Waals surface area contributed by atoms with E-state index in [9.17, 15) is 13.2 Å². The number of nitrogens with zero attached hydrogens (tertiary/aromatic N) is 2. The highest BCUT2D eigenvalue weighted by Crippen LogP contribution is 2.28. The van der Waals surface area contributed by atoms with Gasteiger partial charge in [-0.3, -0.25) is 9.88 Å². The summed E-state index contributed by atoms with van der Waals surface area (Å²) in [5, 5.41) is 0. The van der Waals surface area contributed by atoms with Gasteiger partial charge in [0, 0.05) is 39.1 Å².